The molecule has 0 spiro atoms. The van der Waals surface area contributed by atoms with Gasteiger partial charge in [-0.05, 0) is 50.2 Å². The van der Waals surface area contributed by atoms with Crippen molar-refractivity contribution >= 4 is 11.3 Å². The Hall–Kier alpha value is -1.33. The van der Waals surface area contributed by atoms with Gasteiger partial charge in [-0.3, -0.25) is 0 Å². The highest BCUT2D eigenvalue weighted by Gasteiger charge is 2.31. The number of hydrogen-bond donors (Lipinski definition) is 1. The van der Waals surface area contributed by atoms with Gasteiger partial charge in [0.25, 0.3) is 0 Å². The van der Waals surface area contributed by atoms with Crippen molar-refractivity contribution in [2.45, 2.75) is 26.1 Å². The molecule has 1 unspecified atom stereocenters. The third-order valence-electron chi connectivity index (χ3n) is 3.18. The zero-order valence-electron chi connectivity index (χ0n) is 11.5. The fraction of sp³-hybridized carbons (Fsp3) is 0.333. The predicted molar refractivity (Wildman–Crippen MR) is 76.1 cm³/mol. The molecule has 0 aliphatic rings. The van der Waals surface area contributed by atoms with Crippen LogP contribution in [-0.4, -0.2) is 7.05 Å². The van der Waals surface area contributed by atoms with Gasteiger partial charge >= 0.3 is 6.18 Å². The number of alkyl halides is 3. The van der Waals surface area contributed by atoms with E-state index in [4.69, 9.17) is 0 Å². The minimum absolute atomic E-state index is 0.212. The standard InChI is InChI=1S/C15H16F3NS/c1-9-7-10(2)20-14(9)13(19-3)11-5-4-6-12(8-11)15(16,17)18/h4-8,13,19H,1-3H3. The molecule has 0 saturated heterocycles. The van der Waals surface area contributed by atoms with Gasteiger partial charge in [-0.2, -0.15) is 13.2 Å². The third-order valence-corrected chi connectivity index (χ3v) is 4.39. The lowest BCUT2D eigenvalue weighted by molar-refractivity contribution is -0.137. The third kappa shape index (κ3) is 3.04. The van der Waals surface area contributed by atoms with Gasteiger partial charge in [0, 0.05) is 9.75 Å². The van der Waals surface area contributed by atoms with Gasteiger partial charge < -0.3 is 5.32 Å². The molecular weight excluding hydrogens is 283 g/mol. The predicted octanol–water partition coefficient (Wildman–Crippen LogP) is 4.69. The summed E-state index contributed by atoms with van der Waals surface area (Å²) in [5, 5.41) is 3.11. The summed E-state index contributed by atoms with van der Waals surface area (Å²) in [6.45, 7) is 3.98. The van der Waals surface area contributed by atoms with E-state index in [-0.39, 0.29) is 6.04 Å². The van der Waals surface area contributed by atoms with E-state index in [1.165, 1.54) is 12.1 Å². The smallest absolute Gasteiger partial charge is 0.309 e. The molecule has 1 heterocycles. The molecule has 0 fully saturated rings. The molecule has 0 bridgehead atoms. The SMILES string of the molecule is CNC(c1cccc(C(F)(F)F)c1)c1sc(C)cc1C. The van der Waals surface area contributed by atoms with Crippen LogP contribution in [0.5, 0.6) is 0 Å². The maximum absolute atomic E-state index is 12.8. The zero-order valence-corrected chi connectivity index (χ0v) is 12.3. The molecule has 1 aromatic heterocycles. The van der Waals surface area contributed by atoms with Crippen molar-refractivity contribution < 1.29 is 13.2 Å². The van der Waals surface area contributed by atoms with Crippen LogP contribution in [0.2, 0.25) is 0 Å². The van der Waals surface area contributed by atoms with Crippen molar-refractivity contribution in [3.63, 3.8) is 0 Å². The van der Waals surface area contributed by atoms with Crippen molar-refractivity contribution in [3.05, 3.63) is 56.8 Å². The number of halogens is 3. The van der Waals surface area contributed by atoms with E-state index in [1.807, 2.05) is 13.8 Å². The number of benzene rings is 1. The lowest BCUT2D eigenvalue weighted by atomic mass is 10.0. The monoisotopic (exact) mass is 299 g/mol. The van der Waals surface area contributed by atoms with Crippen LogP contribution in [0.3, 0.4) is 0 Å². The van der Waals surface area contributed by atoms with Crippen LogP contribution in [0, 0.1) is 13.8 Å². The molecule has 0 aliphatic heterocycles. The minimum atomic E-state index is -4.31. The molecule has 5 heteroatoms. The second-order valence-corrected chi connectivity index (χ2v) is 6.04. The molecule has 0 aliphatic carbocycles. The molecule has 108 valence electrons. The maximum Gasteiger partial charge on any atom is 0.416 e. The normalized spacial score (nSPS) is 13.5. The van der Waals surface area contributed by atoms with Gasteiger partial charge in [0.15, 0.2) is 0 Å². The first-order valence-electron chi connectivity index (χ1n) is 6.24. The largest absolute Gasteiger partial charge is 0.416 e. The lowest BCUT2D eigenvalue weighted by Crippen LogP contribution is -2.18. The molecule has 0 radical (unpaired) electrons. The van der Waals surface area contributed by atoms with Gasteiger partial charge in [0.1, 0.15) is 0 Å². The summed E-state index contributed by atoms with van der Waals surface area (Å²) in [6.07, 6.45) is -4.31. The quantitative estimate of drug-likeness (QED) is 0.866. The summed E-state index contributed by atoms with van der Waals surface area (Å²) in [6, 6.07) is 7.34. The Kier molecular flexibility index (Phi) is 4.20. The Labute approximate surface area is 120 Å². The van der Waals surface area contributed by atoms with E-state index in [0.717, 1.165) is 21.4 Å². The van der Waals surface area contributed by atoms with Gasteiger partial charge in [-0.1, -0.05) is 12.1 Å². The van der Waals surface area contributed by atoms with E-state index in [9.17, 15) is 13.2 Å². The second-order valence-electron chi connectivity index (χ2n) is 4.75. The van der Waals surface area contributed by atoms with E-state index < -0.39 is 11.7 Å². The molecule has 1 aromatic carbocycles. The van der Waals surface area contributed by atoms with Crippen LogP contribution < -0.4 is 5.32 Å². The van der Waals surface area contributed by atoms with Crippen LogP contribution in [0.4, 0.5) is 13.2 Å². The average molecular weight is 299 g/mol. The molecular formula is C15H16F3NS. The fourth-order valence-electron chi connectivity index (χ4n) is 2.29. The van der Waals surface area contributed by atoms with Crippen molar-refractivity contribution in [2.24, 2.45) is 0 Å². The summed E-state index contributed by atoms with van der Waals surface area (Å²) in [7, 11) is 1.76. The van der Waals surface area contributed by atoms with Gasteiger partial charge in [0.2, 0.25) is 0 Å². The first-order valence-corrected chi connectivity index (χ1v) is 7.06. The van der Waals surface area contributed by atoms with Crippen LogP contribution >= 0.6 is 11.3 Å². The number of nitrogens with one attached hydrogen (secondary N) is 1. The zero-order chi connectivity index (χ0) is 14.9. The molecule has 2 aromatic rings. The lowest BCUT2D eigenvalue weighted by Gasteiger charge is -2.18. The van der Waals surface area contributed by atoms with Gasteiger partial charge in [0.05, 0.1) is 11.6 Å². The van der Waals surface area contributed by atoms with Crippen LogP contribution in [-0.2, 0) is 6.18 Å². The molecule has 1 nitrogen and oxygen atoms in total. The molecule has 20 heavy (non-hydrogen) atoms. The van der Waals surface area contributed by atoms with Gasteiger partial charge in [-0.25, -0.2) is 0 Å². The van der Waals surface area contributed by atoms with Crippen LogP contribution in [0.1, 0.15) is 32.5 Å². The summed E-state index contributed by atoms with van der Waals surface area (Å²) < 4.78 is 38.4. The molecule has 2 rings (SSSR count). The molecule has 1 N–H and O–H groups in total. The minimum Gasteiger partial charge on any atom is -0.309 e. The topological polar surface area (TPSA) is 12.0 Å². The van der Waals surface area contributed by atoms with E-state index >= 15 is 0 Å². The number of hydrogen-bond acceptors (Lipinski definition) is 2. The highest BCUT2D eigenvalue weighted by molar-refractivity contribution is 7.12. The highest BCUT2D eigenvalue weighted by Crippen LogP contribution is 2.35. The van der Waals surface area contributed by atoms with E-state index in [1.54, 1.807) is 24.5 Å². The Bertz CT molecular complexity index is 601. The van der Waals surface area contributed by atoms with E-state index in [2.05, 4.69) is 11.4 Å². The Balaban J connectivity index is 2.45. The van der Waals surface area contributed by atoms with E-state index in [0.29, 0.717) is 5.56 Å². The van der Waals surface area contributed by atoms with Gasteiger partial charge in [-0.15, -0.1) is 11.3 Å². The Morgan fingerprint density at radius 2 is 1.85 bits per heavy atom. The van der Waals surface area contributed by atoms with Crippen LogP contribution in [0.15, 0.2) is 30.3 Å². The summed E-state index contributed by atoms with van der Waals surface area (Å²) in [5.41, 5.74) is 1.12. The summed E-state index contributed by atoms with van der Waals surface area (Å²) >= 11 is 1.61. The maximum atomic E-state index is 12.8. The second kappa shape index (κ2) is 5.58. The van der Waals surface area contributed by atoms with Crippen LogP contribution in [0.25, 0.3) is 0 Å². The van der Waals surface area contributed by atoms with Crippen molar-refractivity contribution in [1.82, 2.24) is 5.32 Å². The van der Waals surface area contributed by atoms with Crippen molar-refractivity contribution in [1.29, 1.82) is 0 Å². The molecule has 1 atom stereocenters. The summed E-state index contributed by atoms with van der Waals surface area (Å²) in [4.78, 5) is 2.22. The summed E-state index contributed by atoms with van der Waals surface area (Å²) in [5.74, 6) is 0. The fourth-order valence-corrected chi connectivity index (χ4v) is 3.46. The first kappa shape index (κ1) is 15.1. The van der Waals surface area contributed by atoms with Crippen molar-refractivity contribution in [3.8, 4) is 0 Å². The average Bonchev–Trinajstić information content (AvgIpc) is 2.69. The number of rotatable bonds is 3. The van der Waals surface area contributed by atoms with Crippen molar-refractivity contribution in [2.75, 3.05) is 7.05 Å². The molecule has 0 saturated carbocycles. The number of aryl methyl sites for hydroxylation is 2. The number of thiophene rings is 1. The first-order chi connectivity index (χ1) is 9.32. The highest BCUT2D eigenvalue weighted by atomic mass is 32.1. The Morgan fingerprint density at radius 1 is 1.15 bits per heavy atom. The molecule has 0 amide bonds. The Morgan fingerprint density at radius 3 is 2.35 bits per heavy atom.